The molecule has 3 rings (SSSR count). The number of rotatable bonds is 21. The zero-order chi connectivity index (χ0) is 36.7. The Bertz CT molecular complexity index is 1490. The molecule has 0 unspecified atom stereocenters. The molecule has 2 aromatic rings. The third kappa shape index (κ3) is 16.6. The summed E-state index contributed by atoms with van der Waals surface area (Å²) in [4.78, 5) is 38.3. The van der Waals surface area contributed by atoms with E-state index in [1.54, 1.807) is 62.4 Å². The second kappa shape index (κ2) is 23.3. The highest BCUT2D eigenvalue weighted by atomic mass is 35.5. The van der Waals surface area contributed by atoms with E-state index in [4.69, 9.17) is 16.3 Å². The van der Waals surface area contributed by atoms with Crippen LogP contribution in [0.1, 0.15) is 114 Å². The van der Waals surface area contributed by atoms with Gasteiger partial charge in [-0.05, 0) is 139 Å². The molecule has 1 saturated carbocycles. The van der Waals surface area contributed by atoms with E-state index in [2.05, 4.69) is 78.3 Å². The zero-order valence-electron chi connectivity index (χ0n) is 30.8. The second-order valence-electron chi connectivity index (χ2n) is 13.6. The van der Waals surface area contributed by atoms with Crippen LogP contribution in [0.4, 0.5) is 0 Å². The van der Waals surface area contributed by atoms with Crippen LogP contribution in [0.15, 0.2) is 109 Å². The first-order valence-electron chi connectivity index (χ1n) is 18.6. The number of carbonyl (C=O) groups excluding carboxylic acids is 3. The first-order valence-corrected chi connectivity index (χ1v) is 19.0. The van der Waals surface area contributed by atoms with Gasteiger partial charge in [-0.2, -0.15) is 0 Å². The molecule has 2 amide bonds. The van der Waals surface area contributed by atoms with Gasteiger partial charge in [0.25, 0.3) is 5.91 Å². The monoisotopic (exact) mass is 712 g/mol. The van der Waals surface area contributed by atoms with Crippen molar-refractivity contribution in [2.24, 2.45) is 5.92 Å². The number of unbranched alkanes of at least 4 members (excludes halogenated alkanes) is 1. The van der Waals surface area contributed by atoms with Gasteiger partial charge in [0, 0.05) is 35.2 Å². The Morgan fingerprint density at radius 3 is 1.80 bits per heavy atom. The van der Waals surface area contributed by atoms with Gasteiger partial charge in [0.1, 0.15) is 5.75 Å². The van der Waals surface area contributed by atoms with Crippen molar-refractivity contribution in [3.63, 3.8) is 0 Å². The largest absolute Gasteiger partial charge is 0.478 e. The molecule has 1 aliphatic rings. The highest BCUT2D eigenvalue weighted by Gasteiger charge is 2.31. The Hall–Kier alpha value is -4.16. The molecule has 0 aliphatic heterocycles. The van der Waals surface area contributed by atoms with Gasteiger partial charge in [-0.15, -0.1) is 0 Å². The van der Waals surface area contributed by atoms with Gasteiger partial charge in [0.15, 0.2) is 11.4 Å². The fourth-order valence-electron chi connectivity index (χ4n) is 5.79. The molecule has 2 aromatic carbocycles. The lowest BCUT2D eigenvalue weighted by molar-refractivity contribution is -0.134. The molecule has 7 heteroatoms. The molecule has 0 heterocycles. The molecular formula is C44H57ClN2O4. The van der Waals surface area contributed by atoms with Crippen molar-refractivity contribution in [1.29, 1.82) is 0 Å². The van der Waals surface area contributed by atoms with Gasteiger partial charge >= 0.3 is 0 Å². The predicted octanol–water partition coefficient (Wildman–Crippen LogP) is 10.4. The molecule has 0 radical (unpaired) electrons. The van der Waals surface area contributed by atoms with Crippen LogP contribution in [0.5, 0.6) is 5.75 Å². The second-order valence-corrected chi connectivity index (χ2v) is 14.0. The van der Waals surface area contributed by atoms with Gasteiger partial charge in [0.2, 0.25) is 5.91 Å². The first-order chi connectivity index (χ1) is 24.7. The molecule has 0 bridgehead atoms. The number of hydrogen-bond donors (Lipinski definition) is 2. The molecule has 0 saturated heterocycles. The van der Waals surface area contributed by atoms with Crippen LogP contribution >= 0.6 is 11.6 Å². The smallest absolute Gasteiger partial charge is 0.263 e. The summed E-state index contributed by atoms with van der Waals surface area (Å²) in [5, 5.41) is 6.85. The maximum atomic E-state index is 13.0. The topological polar surface area (TPSA) is 84.5 Å². The number of ketones is 1. The lowest BCUT2D eigenvalue weighted by Gasteiger charge is -2.31. The van der Waals surface area contributed by atoms with E-state index in [9.17, 15) is 14.4 Å². The Labute approximate surface area is 311 Å². The summed E-state index contributed by atoms with van der Waals surface area (Å²) in [5.41, 5.74) is -0.00298. The van der Waals surface area contributed by atoms with E-state index in [0.29, 0.717) is 40.8 Å². The zero-order valence-corrected chi connectivity index (χ0v) is 31.5. The Morgan fingerprint density at radius 1 is 0.745 bits per heavy atom. The van der Waals surface area contributed by atoms with E-state index in [-0.39, 0.29) is 23.6 Å². The van der Waals surface area contributed by atoms with Crippen molar-refractivity contribution in [2.45, 2.75) is 109 Å². The molecule has 0 aromatic heterocycles. The number of amides is 2. The van der Waals surface area contributed by atoms with Crippen LogP contribution in [0.25, 0.3) is 0 Å². The summed E-state index contributed by atoms with van der Waals surface area (Å²) in [6.07, 6.45) is 32.9. The number of allylic oxidation sites excluding steroid dienone is 10. The maximum Gasteiger partial charge on any atom is 0.263 e. The lowest BCUT2D eigenvalue weighted by atomic mass is 9.85. The van der Waals surface area contributed by atoms with Crippen LogP contribution in [0.3, 0.4) is 0 Å². The van der Waals surface area contributed by atoms with Crippen LogP contribution < -0.4 is 15.4 Å². The molecule has 2 N–H and O–H groups in total. The van der Waals surface area contributed by atoms with Gasteiger partial charge in [-0.3, -0.25) is 14.4 Å². The summed E-state index contributed by atoms with van der Waals surface area (Å²) in [6.45, 7) is 6.20. The fourth-order valence-corrected chi connectivity index (χ4v) is 5.92. The third-order valence-electron chi connectivity index (χ3n) is 8.84. The number of ether oxygens (including phenoxy) is 1. The average Bonchev–Trinajstić information content (AvgIpc) is 3.12. The SMILES string of the molecule is CC/C=C\C/C=C\C/C=C\C/C=C\C/C=C\CCCC(=O)NC1CCC(CNC(=O)C(C)(C)Oc2ccc(C(=O)c3ccc(Cl)cc3)cc2)CC1. The van der Waals surface area contributed by atoms with E-state index in [1.165, 1.54) is 0 Å². The van der Waals surface area contributed by atoms with Crippen molar-refractivity contribution in [2.75, 3.05) is 6.54 Å². The van der Waals surface area contributed by atoms with Crippen molar-refractivity contribution in [3.05, 3.63) is 125 Å². The van der Waals surface area contributed by atoms with Crippen molar-refractivity contribution < 1.29 is 19.1 Å². The summed E-state index contributed by atoms with van der Waals surface area (Å²) >= 11 is 5.93. The number of benzene rings is 2. The van der Waals surface area contributed by atoms with E-state index in [1.807, 2.05) is 0 Å². The Morgan fingerprint density at radius 2 is 1.25 bits per heavy atom. The van der Waals surface area contributed by atoms with Gasteiger partial charge in [-0.25, -0.2) is 0 Å². The molecule has 1 fully saturated rings. The Balaban J connectivity index is 1.23. The minimum atomic E-state index is -1.08. The average molecular weight is 713 g/mol. The highest BCUT2D eigenvalue weighted by molar-refractivity contribution is 6.30. The van der Waals surface area contributed by atoms with Gasteiger partial charge < -0.3 is 15.4 Å². The summed E-state index contributed by atoms with van der Waals surface area (Å²) < 4.78 is 6.02. The van der Waals surface area contributed by atoms with Crippen molar-refractivity contribution in [3.8, 4) is 5.75 Å². The van der Waals surface area contributed by atoms with Crippen LogP contribution in [0.2, 0.25) is 5.02 Å². The fraction of sp³-hybridized carbons (Fsp3) is 0.432. The van der Waals surface area contributed by atoms with Crippen LogP contribution in [-0.2, 0) is 9.59 Å². The van der Waals surface area contributed by atoms with Crippen LogP contribution in [0, 0.1) is 5.92 Å². The molecule has 1 aliphatic carbocycles. The van der Waals surface area contributed by atoms with Crippen molar-refractivity contribution in [1.82, 2.24) is 10.6 Å². The predicted molar refractivity (Wildman–Crippen MR) is 211 cm³/mol. The summed E-state index contributed by atoms with van der Waals surface area (Å²) in [7, 11) is 0. The first kappa shape index (κ1) is 41.3. The molecular weight excluding hydrogens is 656 g/mol. The number of nitrogens with one attached hydrogen (secondary N) is 2. The Kier molecular flexibility index (Phi) is 18.9. The van der Waals surface area contributed by atoms with Gasteiger partial charge in [-0.1, -0.05) is 79.3 Å². The van der Waals surface area contributed by atoms with E-state index in [0.717, 1.165) is 70.6 Å². The standard InChI is InChI=1S/C44H57ClN2O4/c1-4-5-6-7-8-9-10-11-12-13-14-15-16-17-18-19-20-21-41(48)47-39-30-22-35(23-31-39)34-46-43(50)44(2,3)51-40-32-26-37(27-33-40)42(49)36-24-28-38(45)29-25-36/h5-6,8-9,11-12,14-15,17-18,24-29,32-33,35,39H,4,7,10,13,16,19-23,30-31,34H2,1-3H3,(H,46,50)(H,47,48)/b6-5-,9-8-,12-11-,15-14-,18-17-. The molecule has 274 valence electrons. The minimum Gasteiger partial charge on any atom is -0.478 e. The number of halogens is 1. The third-order valence-corrected chi connectivity index (χ3v) is 9.09. The maximum absolute atomic E-state index is 13.0. The van der Waals surface area contributed by atoms with Crippen LogP contribution in [-0.4, -0.2) is 35.8 Å². The molecule has 6 nitrogen and oxygen atoms in total. The quantitative estimate of drug-likeness (QED) is 0.0766. The number of carbonyl (C=O) groups is 3. The normalized spacial score (nSPS) is 16.9. The molecule has 51 heavy (non-hydrogen) atoms. The van der Waals surface area contributed by atoms with Crippen molar-refractivity contribution >= 4 is 29.2 Å². The summed E-state index contributed by atoms with van der Waals surface area (Å²) in [6, 6.07) is 13.8. The van der Waals surface area contributed by atoms with Gasteiger partial charge in [0.05, 0.1) is 0 Å². The molecule has 0 atom stereocenters. The summed E-state index contributed by atoms with van der Waals surface area (Å²) in [5.74, 6) is 0.706. The van der Waals surface area contributed by atoms with E-state index < -0.39 is 5.60 Å². The minimum absolute atomic E-state index is 0.109. The molecule has 0 spiro atoms. The number of hydrogen-bond acceptors (Lipinski definition) is 4. The highest BCUT2D eigenvalue weighted by Crippen LogP contribution is 2.25. The van der Waals surface area contributed by atoms with E-state index >= 15 is 0 Å². The lowest BCUT2D eigenvalue weighted by Crippen LogP contribution is -2.48.